The molecule has 2 N–H and O–H groups in total. The first-order valence-electron chi connectivity index (χ1n) is 10.8. The first-order chi connectivity index (χ1) is 15.9. The summed E-state index contributed by atoms with van der Waals surface area (Å²) in [4.78, 5) is 28.6. The highest BCUT2D eigenvalue weighted by Gasteiger charge is 2.36. The number of piperazine rings is 1. The number of carbonyl (C=O) groups is 2. The van der Waals surface area contributed by atoms with Crippen molar-refractivity contribution in [3.8, 4) is 11.5 Å². The summed E-state index contributed by atoms with van der Waals surface area (Å²) in [7, 11) is 1.66. The van der Waals surface area contributed by atoms with Crippen molar-refractivity contribution in [2.45, 2.75) is 12.6 Å². The van der Waals surface area contributed by atoms with E-state index in [2.05, 4.69) is 4.90 Å². The molecule has 0 aliphatic carbocycles. The molecule has 2 aliphatic heterocycles. The molecular weight excluding hydrogens is 426 g/mol. The molecule has 1 atom stereocenters. The lowest BCUT2D eigenvalue weighted by atomic mass is 10.00. The predicted molar refractivity (Wildman–Crippen MR) is 120 cm³/mol. The Labute approximate surface area is 190 Å². The molecule has 0 unspecified atom stereocenters. The number of aromatic carboxylic acids is 1. The maximum atomic E-state index is 12.4. The van der Waals surface area contributed by atoms with E-state index in [1.807, 2.05) is 35.2 Å². The number of carboxylic acid groups (broad SMARTS) is 2. The largest absolute Gasteiger partial charge is 0.480 e. The SMILES string of the molecule is Cn1c(C(=O)O)c([C@H](C(=O)O)N2CCN(Cc3ccc4c(c3)OCO4)CC2)c2ccccc21. The number of aromatic nitrogens is 1. The van der Waals surface area contributed by atoms with Crippen LogP contribution >= 0.6 is 0 Å². The summed E-state index contributed by atoms with van der Waals surface area (Å²) in [5.41, 5.74) is 2.17. The van der Waals surface area contributed by atoms with Crippen LogP contribution in [-0.2, 0) is 18.4 Å². The molecule has 1 saturated heterocycles. The molecule has 2 aromatic carbocycles. The van der Waals surface area contributed by atoms with E-state index in [0.29, 0.717) is 42.6 Å². The zero-order valence-corrected chi connectivity index (χ0v) is 18.2. The van der Waals surface area contributed by atoms with E-state index < -0.39 is 18.0 Å². The molecule has 0 saturated carbocycles. The summed E-state index contributed by atoms with van der Waals surface area (Å²) in [6.45, 7) is 3.34. The van der Waals surface area contributed by atoms with Gasteiger partial charge in [-0.05, 0) is 23.8 Å². The Morgan fingerprint density at radius 3 is 2.45 bits per heavy atom. The van der Waals surface area contributed by atoms with Crippen molar-refractivity contribution < 1.29 is 29.3 Å². The topological polar surface area (TPSA) is 104 Å². The molecule has 9 heteroatoms. The lowest BCUT2D eigenvalue weighted by molar-refractivity contribution is -0.144. The molecule has 0 bridgehead atoms. The van der Waals surface area contributed by atoms with Crippen molar-refractivity contribution in [3.63, 3.8) is 0 Å². The first kappa shape index (κ1) is 21.3. The van der Waals surface area contributed by atoms with Crippen LogP contribution < -0.4 is 9.47 Å². The molecule has 3 heterocycles. The standard InChI is InChI=1S/C24H25N3O6/c1-25-17-5-3-2-4-16(17)20(21(25)23(28)29)22(24(30)31)27-10-8-26(9-11-27)13-15-6-7-18-19(12-15)33-14-32-18/h2-7,12,22H,8-11,13-14H2,1H3,(H,28,29)(H,30,31)/t22-/m1/s1. The number of benzene rings is 2. The number of nitrogens with zero attached hydrogens (tertiary/aromatic N) is 3. The van der Waals surface area contributed by atoms with E-state index in [4.69, 9.17) is 9.47 Å². The average molecular weight is 451 g/mol. The Morgan fingerprint density at radius 2 is 1.73 bits per heavy atom. The zero-order valence-electron chi connectivity index (χ0n) is 18.2. The van der Waals surface area contributed by atoms with Crippen molar-refractivity contribution >= 4 is 22.8 Å². The van der Waals surface area contributed by atoms with Crippen molar-refractivity contribution in [1.82, 2.24) is 14.4 Å². The van der Waals surface area contributed by atoms with Crippen LogP contribution in [0.2, 0.25) is 0 Å². The third-order valence-electron chi connectivity index (χ3n) is 6.47. The van der Waals surface area contributed by atoms with Crippen LogP contribution in [0.3, 0.4) is 0 Å². The van der Waals surface area contributed by atoms with Gasteiger partial charge in [-0.3, -0.25) is 14.6 Å². The van der Waals surface area contributed by atoms with Gasteiger partial charge < -0.3 is 24.3 Å². The smallest absolute Gasteiger partial charge is 0.352 e. The number of hydrogen-bond donors (Lipinski definition) is 2. The van der Waals surface area contributed by atoms with Gasteiger partial charge in [0, 0.05) is 56.2 Å². The Morgan fingerprint density at radius 1 is 1.00 bits per heavy atom. The minimum Gasteiger partial charge on any atom is -0.480 e. The average Bonchev–Trinajstić information content (AvgIpc) is 3.38. The second-order valence-electron chi connectivity index (χ2n) is 8.38. The molecule has 0 spiro atoms. The highest BCUT2D eigenvalue weighted by molar-refractivity contribution is 6.01. The number of ether oxygens (including phenoxy) is 2. The van der Waals surface area contributed by atoms with E-state index in [0.717, 1.165) is 23.6 Å². The summed E-state index contributed by atoms with van der Waals surface area (Å²) in [5.74, 6) is -0.680. The van der Waals surface area contributed by atoms with Crippen LogP contribution in [0, 0.1) is 0 Å². The fourth-order valence-electron chi connectivity index (χ4n) is 4.90. The Balaban J connectivity index is 1.38. The number of fused-ring (bicyclic) bond motifs is 2. The molecule has 1 aromatic heterocycles. The summed E-state index contributed by atoms with van der Waals surface area (Å²) in [6.07, 6.45) is 0. The van der Waals surface area contributed by atoms with Crippen molar-refractivity contribution in [2.24, 2.45) is 7.05 Å². The molecule has 5 rings (SSSR count). The number of carboxylic acids is 2. The summed E-state index contributed by atoms with van der Waals surface area (Å²) < 4.78 is 12.4. The monoisotopic (exact) mass is 451 g/mol. The molecule has 1 fully saturated rings. The summed E-state index contributed by atoms with van der Waals surface area (Å²) in [6, 6.07) is 12.1. The Bertz CT molecular complexity index is 1230. The van der Waals surface area contributed by atoms with Crippen molar-refractivity contribution in [3.05, 3.63) is 59.3 Å². The Hall–Kier alpha value is -3.56. The van der Waals surface area contributed by atoms with Crippen LogP contribution in [0.5, 0.6) is 11.5 Å². The minimum atomic E-state index is -1.13. The number of para-hydroxylation sites is 1. The van der Waals surface area contributed by atoms with Gasteiger partial charge in [-0.15, -0.1) is 0 Å². The fraction of sp³-hybridized carbons (Fsp3) is 0.333. The number of aliphatic carboxylic acids is 1. The lowest BCUT2D eigenvalue weighted by Gasteiger charge is -2.38. The van der Waals surface area contributed by atoms with Crippen molar-refractivity contribution in [2.75, 3.05) is 33.0 Å². The summed E-state index contributed by atoms with van der Waals surface area (Å²) >= 11 is 0. The third-order valence-corrected chi connectivity index (χ3v) is 6.47. The van der Waals surface area contributed by atoms with E-state index in [1.165, 1.54) is 0 Å². The lowest BCUT2D eigenvalue weighted by Crippen LogP contribution is -2.49. The number of hydrogen-bond acceptors (Lipinski definition) is 6. The van der Waals surface area contributed by atoms with Gasteiger partial charge >= 0.3 is 11.9 Å². The van der Waals surface area contributed by atoms with Gasteiger partial charge in [0.05, 0.1) is 0 Å². The molecule has 9 nitrogen and oxygen atoms in total. The highest BCUT2D eigenvalue weighted by Crippen LogP contribution is 2.35. The normalized spacial score (nSPS) is 17.4. The molecule has 0 amide bonds. The van der Waals surface area contributed by atoms with Gasteiger partial charge in [0.15, 0.2) is 11.5 Å². The molecule has 3 aromatic rings. The van der Waals surface area contributed by atoms with Gasteiger partial charge in [0.1, 0.15) is 11.7 Å². The van der Waals surface area contributed by atoms with Crippen molar-refractivity contribution in [1.29, 1.82) is 0 Å². The first-order valence-corrected chi connectivity index (χ1v) is 10.8. The fourth-order valence-corrected chi connectivity index (χ4v) is 4.90. The molecule has 33 heavy (non-hydrogen) atoms. The maximum absolute atomic E-state index is 12.4. The van der Waals surface area contributed by atoms with Gasteiger partial charge in [-0.25, -0.2) is 4.79 Å². The molecular formula is C24H25N3O6. The Kier molecular flexibility index (Phi) is 5.43. The van der Waals surface area contributed by atoms with Crippen LogP contribution in [0.1, 0.15) is 27.7 Å². The minimum absolute atomic E-state index is 0.0198. The number of aryl methyl sites for hydroxylation is 1. The van der Waals surface area contributed by atoms with E-state index in [9.17, 15) is 19.8 Å². The van der Waals surface area contributed by atoms with Crippen LogP contribution in [0.15, 0.2) is 42.5 Å². The van der Waals surface area contributed by atoms with E-state index in [-0.39, 0.29) is 12.5 Å². The zero-order chi connectivity index (χ0) is 23.1. The van der Waals surface area contributed by atoms with Crippen LogP contribution in [0.4, 0.5) is 0 Å². The molecule has 0 radical (unpaired) electrons. The predicted octanol–water partition coefficient (Wildman–Crippen LogP) is 2.55. The quantitative estimate of drug-likeness (QED) is 0.589. The second kappa shape index (κ2) is 8.42. The van der Waals surface area contributed by atoms with Gasteiger partial charge in [0.2, 0.25) is 6.79 Å². The van der Waals surface area contributed by atoms with E-state index >= 15 is 0 Å². The number of rotatable bonds is 6. The third kappa shape index (κ3) is 3.79. The van der Waals surface area contributed by atoms with Crippen LogP contribution in [0.25, 0.3) is 10.9 Å². The maximum Gasteiger partial charge on any atom is 0.352 e. The second-order valence-corrected chi connectivity index (χ2v) is 8.38. The highest BCUT2D eigenvalue weighted by atomic mass is 16.7. The van der Waals surface area contributed by atoms with Gasteiger partial charge in [-0.2, -0.15) is 0 Å². The van der Waals surface area contributed by atoms with Gasteiger partial charge in [0.25, 0.3) is 0 Å². The van der Waals surface area contributed by atoms with E-state index in [1.54, 1.807) is 23.7 Å². The molecule has 2 aliphatic rings. The summed E-state index contributed by atoms with van der Waals surface area (Å²) in [5, 5.41) is 20.7. The van der Waals surface area contributed by atoms with Gasteiger partial charge in [-0.1, -0.05) is 24.3 Å². The van der Waals surface area contributed by atoms with Crippen LogP contribution in [-0.4, -0.2) is 69.5 Å². The molecule has 172 valence electrons.